The number of rotatable bonds is 4. The molecule has 1 fully saturated rings. The van der Waals surface area contributed by atoms with E-state index in [-0.39, 0.29) is 12.0 Å². The van der Waals surface area contributed by atoms with Gasteiger partial charge in [-0.1, -0.05) is 17.3 Å². The van der Waals surface area contributed by atoms with Crippen molar-refractivity contribution in [3.05, 3.63) is 29.8 Å². The van der Waals surface area contributed by atoms with E-state index in [1.807, 2.05) is 24.3 Å². The average molecular weight is 361 g/mol. The van der Waals surface area contributed by atoms with E-state index in [1.54, 1.807) is 23.8 Å². The molecule has 0 N–H and O–H groups in total. The van der Waals surface area contributed by atoms with E-state index in [0.717, 1.165) is 17.0 Å². The number of carbonyl (C=O) groups is 2. The Morgan fingerprint density at radius 2 is 1.96 bits per heavy atom. The average Bonchev–Trinajstić information content (AvgIpc) is 3.18. The maximum Gasteiger partial charge on any atom is 0.409 e. The molecule has 0 bridgehead atoms. The van der Waals surface area contributed by atoms with E-state index in [9.17, 15) is 9.59 Å². The van der Waals surface area contributed by atoms with Gasteiger partial charge in [-0.2, -0.15) is 0 Å². The monoisotopic (exact) mass is 361 g/mol. The normalized spacial score (nSPS) is 19.6. The Balaban J connectivity index is 1.54. The van der Waals surface area contributed by atoms with E-state index in [1.165, 1.54) is 0 Å². The van der Waals surface area contributed by atoms with Crippen molar-refractivity contribution in [2.24, 2.45) is 5.16 Å². The minimum atomic E-state index is -0.620. The lowest BCUT2D eigenvalue weighted by atomic mass is 10.0. The highest BCUT2D eigenvalue weighted by molar-refractivity contribution is 6.04. The van der Waals surface area contributed by atoms with Crippen LogP contribution in [0.1, 0.15) is 18.9 Å². The first-order chi connectivity index (χ1) is 12.6. The summed E-state index contributed by atoms with van der Waals surface area (Å²) in [5.41, 5.74) is 1.61. The van der Waals surface area contributed by atoms with Crippen LogP contribution in [0.3, 0.4) is 0 Å². The van der Waals surface area contributed by atoms with Crippen molar-refractivity contribution < 1.29 is 23.9 Å². The molecule has 0 aliphatic carbocycles. The lowest BCUT2D eigenvalue weighted by Crippen LogP contribution is -2.53. The molecule has 0 aromatic heterocycles. The van der Waals surface area contributed by atoms with Crippen LogP contribution in [0.15, 0.2) is 29.4 Å². The first kappa shape index (κ1) is 18.0. The predicted molar refractivity (Wildman–Crippen MR) is 94.2 cm³/mol. The number of oxime groups is 1. The number of amides is 2. The van der Waals surface area contributed by atoms with Crippen molar-refractivity contribution in [2.75, 3.05) is 39.9 Å². The standard InChI is InChI=1S/C18H23N3O5/c1-3-25-18(23)21-9-7-20(8-10-21)17(22)16-12-15(19-26-16)13-5-4-6-14(11-13)24-2/h4-6,11,16H,3,7-10,12H2,1-2H3/t16-/m0/s1. The Morgan fingerprint density at radius 1 is 1.23 bits per heavy atom. The van der Waals surface area contributed by atoms with Crippen LogP contribution in [0.5, 0.6) is 5.75 Å². The number of piperazine rings is 1. The van der Waals surface area contributed by atoms with Gasteiger partial charge in [-0.05, 0) is 19.1 Å². The summed E-state index contributed by atoms with van der Waals surface area (Å²) in [5, 5.41) is 4.08. The van der Waals surface area contributed by atoms with Crippen molar-refractivity contribution in [3.63, 3.8) is 0 Å². The molecule has 2 heterocycles. The van der Waals surface area contributed by atoms with Crippen molar-refractivity contribution in [2.45, 2.75) is 19.4 Å². The van der Waals surface area contributed by atoms with E-state index in [2.05, 4.69) is 5.16 Å². The van der Waals surface area contributed by atoms with Crippen LogP contribution >= 0.6 is 0 Å². The number of ether oxygens (including phenoxy) is 2. The summed E-state index contributed by atoms with van der Waals surface area (Å²) >= 11 is 0. The molecule has 140 valence electrons. The summed E-state index contributed by atoms with van der Waals surface area (Å²) in [7, 11) is 1.61. The summed E-state index contributed by atoms with van der Waals surface area (Å²) < 4.78 is 10.2. The van der Waals surface area contributed by atoms with Crippen molar-refractivity contribution in [1.82, 2.24) is 9.80 Å². The number of methoxy groups -OCH3 is 1. The fraction of sp³-hybridized carbons (Fsp3) is 0.500. The van der Waals surface area contributed by atoms with Gasteiger partial charge in [0, 0.05) is 38.2 Å². The molecule has 1 atom stereocenters. The number of carbonyl (C=O) groups excluding carboxylic acids is 2. The zero-order chi connectivity index (χ0) is 18.5. The minimum Gasteiger partial charge on any atom is -0.497 e. The number of hydrogen-bond donors (Lipinski definition) is 0. The molecule has 26 heavy (non-hydrogen) atoms. The quantitative estimate of drug-likeness (QED) is 0.812. The number of benzene rings is 1. The molecule has 1 aromatic carbocycles. The van der Waals surface area contributed by atoms with Gasteiger partial charge in [-0.3, -0.25) is 4.79 Å². The van der Waals surface area contributed by atoms with Gasteiger partial charge in [-0.25, -0.2) is 4.79 Å². The molecule has 2 aliphatic heterocycles. The van der Waals surface area contributed by atoms with Gasteiger partial charge in [0.25, 0.3) is 5.91 Å². The highest BCUT2D eigenvalue weighted by Gasteiger charge is 2.34. The number of nitrogens with zero attached hydrogens (tertiary/aromatic N) is 3. The van der Waals surface area contributed by atoms with E-state index in [0.29, 0.717) is 39.2 Å². The second-order valence-corrected chi connectivity index (χ2v) is 6.08. The second kappa shape index (κ2) is 8.07. The van der Waals surface area contributed by atoms with E-state index in [4.69, 9.17) is 14.3 Å². The molecule has 1 aromatic rings. The molecule has 8 heteroatoms. The Hall–Kier alpha value is -2.77. The molecule has 2 amide bonds. The fourth-order valence-corrected chi connectivity index (χ4v) is 3.01. The van der Waals surface area contributed by atoms with Crippen LogP contribution < -0.4 is 4.74 Å². The fourth-order valence-electron chi connectivity index (χ4n) is 3.01. The summed E-state index contributed by atoms with van der Waals surface area (Å²) in [5.74, 6) is 0.630. The highest BCUT2D eigenvalue weighted by Crippen LogP contribution is 2.22. The van der Waals surface area contributed by atoms with Gasteiger partial charge in [-0.15, -0.1) is 0 Å². The highest BCUT2D eigenvalue weighted by atomic mass is 16.6. The van der Waals surface area contributed by atoms with Gasteiger partial charge in [0.2, 0.25) is 6.10 Å². The second-order valence-electron chi connectivity index (χ2n) is 6.08. The first-order valence-electron chi connectivity index (χ1n) is 8.70. The van der Waals surface area contributed by atoms with Crippen LogP contribution in [-0.2, 0) is 14.4 Å². The minimum absolute atomic E-state index is 0.102. The summed E-state index contributed by atoms with van der Waals surface area (Å²) in [6.45, 7) is 3.97. The molecule has 3 rings (SSSR count). The number of hydrogen-bond acceptors (Lipinski definition) is 6. The van der Waals surface area contributed by atoms with Crippen LogP contribution in [-0.4, -0.2) is 73.5 Å². The van der Waals surface area contributed by atoms with Crippen LogP contribution in [0.2, 0.25) is 0 Å². The third-order valence-corrected chi connectivity index (χ3v) is 4.46. The summed E-state index contributed by atoms with van der Waals surface area (Å²) in [6, 6.07) is 7.51. The first-order valence-corrected chi connectivity index (χ1v) is 8.70. The smallest absolute Gasteiger partial charge is 0.409 e. The molecular weight excluding hydrogens is 338 g/mol. The summed E-state index contributed by atoms with van der Waals surface area (Å²) in [6.07, 6.45) is -0.532. The van der Waals surface area contributed by atoms with Gasteiger partial charge < -0.3 is 24.1 Å². The molecule has 0 saturated carbocycles. The molecule has 0 unspecified atom stereocenters. The molecule has 0 radical (unpaired) electrons. The van der Waals surface area contributed by atoms with Crippen molar-refractivity contribution >= 4 is 17.7 Å². The Morgan fingerprint density at radius 3 is 2.65 bits per heavy atom. The van der Waals surface area contributed by atoms with Gasteiger partial charge >= 0.3 is 6.09 Å². The van der Waals surface area contributed by atoms with Gasteiger partial charge in [0.05, 0.1) is 19.4 Å². The Bertz CT molecular complexity index is 698. The molecule has 1 saturated heterocycles. The maximum atomic E-state index is 12.7. The largest absolute Gasteiger partial charge is 0.497 e. The Kier molecular flexibility index (Phi) is 5.60. The van der Waals surface area contributed by atoms with Crippen molar-refractivity contribution in [1.29, 1.82) is 0 Å². The summed E-state index contributed by atoms with van der Waals surface area (Å²) in [4.78, 5) is 33.1. The molecule has 0 spiro atoms. The predicted octanol–water partition coefficient (Wildman–Crippen LogP) is 1.49. The molecule has 2 aliphatic rings. The van der Waals surface area contributed by atoms with E-state index < -0.39 is 6.10 Å². The third kappa shape index (κ3) is 3.89. The topological polar surface area (TPSA) is 80.7 Å². The molecular formula is C18H23N3O5. The van der Waals surface area contributed by atoms with Crippen LogP contribution in [0.4, 0.5) is 4.79 Å². The van der Waals surface area contributed by atoms with E-state index >= 15 is 0 Å². The van der Waals surface area contributed by atoms with Gasteiger partial charge in [0.15, 0.2) is 0 Å². The lowest BCUT2D eigenvalue weighted by molar-refractivity contribution is -0.143. The Labute approximate surface area is 152 Å². The zero-order valence-electron chi connectivity index (χ0n) is 15.0. The maximum absolute atomic E-state index is 12.7. The third-order valence-electron chi connectivity index (χ3n) is 4.46. The zero-order valence-corrected chi connectivity index (χ0v) is 15.0. The van der Waals surface area contributed by atoms with Crippen LogP contribution in [0, 0.1) is 0 Å². The van der Waals surface area contributed by atoms with Gasteiger partial charge in [0.1, 0.15) is 5.75 Å². The molecule has 8 nitrogen and oxygen atoms in total. The van der Waals surface area contributed by atoms with Crippen LogP contribution in [0.25, 0.3) is 0 Å². The lowest BCUT2D eigenvalue weighted by Gasteiger charge is -2.34. The SMILES string of the molecule is CCOC(=O)N1CCN(C(=O)[C@@H]2CC(c3cccc(OC)c3)=NO2)CC1. The van der Waals surface area contributed by atoms with Crippen molar-refractivity contribution in [3.8, 4) is 5.75 Å².